The maximum Gasteiger partial charge on any atom is 0.137 e. The number of anilines is 2. The van der Waals surface area contributed by atoms with E-state index in [1.54, 1.807) is 0 Å². The lowest BCUT2D eigenvalue weighted by atomic mass is 9.77. The Morgan fingerprint density at radius 2 is 1.04 bits per heavy atom. The average molecular weight is 905 g/mol. The van der Waals surface area contributed by atoms with Gasteiger partial charge in [-0.3, -0.25) is 4.57 Å². The predicted octanol–water partition coefficient (Wildman–Crippen LogP) is 16.8. The molecule has 0 amide bonds. The van der Waals surface area contributed by atoms with Gasteiger partial charge in [-0.05, 0) is 99.0 Å². The summed E-state index contributed by atoms with van der Waals surface area (Å²) in [5.74, 6) is 2.44. The molecule has 5 nitrogen and oxygen atoms in total. The third-order valence-electron chi connectivity index (χ3n) is 14.3. The summed E-state index contributed by atoms with van der Waals surface area (Å²) in [4.78, 5) is 9.92. The first kappa shape index (κ1) is 45.4. The Morgan fingerprint density at radius 1 is 0.435 bits per heavy atom. The topological polar surface area (TPSA) is 33.5 Å². The number of ether oxygens (including phenoxy) is 1. The number of pyridine rings is 1. The number of para-hydroxylation sites is 1. The van der Waals surface area contributed by atoms with Crippen molar-refractivity contribution in [1.82, 2.24) is 9.55 Å². The molecule has 5 heteroatoms. The minimum atomic E-state index is -0.226. The Kier molecular flexibility index (Phi) is 11.4. The molecule has 0 N–H and O–H groups in total. The Balaban J connectivity index is 1.04. The second-order valence-electron chi connectivity index (χ2n) is 21.9. The van der Waals surface area contributed by atoms with Crippen LogP contribution in [0.1, 0.15) is 97.1 Å². The number of fused-ring (bicyclic) bond motifs is 3. The van der Waals surface area contributed by atoms with E-state index in [1.165, 1.54) is 55.7 Å². The maximum absolute atomic E-state index is 7.02. The molecule has 0 saturated heterocycles. The van der Waals surface area contributed by atoms with Crippen LogP contribution in [0.3, 0.4) is 0 Å². The van der Waals surface area contributed by atoms with Crippen molar-refractivity contribution >= 4 is 33.2 Å². The molecule has 0 bridgehead atoms. The van der Waals surface area contributed by atoms with Crippen LogP contribution in [0.4, 0.5) is 11.4 Å². The van der Waals surface area contributed by atoms with Gasteiger partial charge >= 0.3 is 0 Å². The number of hydrogen-bond donors (Lipinski definition) is 0. The molecule has 1 aliphatic heterocycles. The summed E-state index contributed by atoms with van der Waals surface area (Å²) in [6.45, 7) is 23.7. The largest absolute Gasteiger partial charge is 0.457 e. The third-order valence-corrected chi connectivity index (χ3v) is 14.3. The summed E-state index contributed by atoms with van der Waals surface area (Å²) < 4.78 is 9.30. The zero-order valence-corrected chi connectivity index (χ0v) is 41.9. The van der Waals surface area contributed by atoms with E-state index in [0.29, 0.717) is 6.67 Å². The van der Waals surface area contributed by atoms with E-state index in [0.717, 1.165) is 39.4 Å². The molecule has 9 aromatic rings. The zero-order chi connectivity index (χ0) is 48.3. The standard InChI is InChI=1S/C64H64N4O/c1-61(2,3)49-36-51(66-42-59(62(4,5)6)67(43-66)52-35-45(44-22-14-11-15-23-44)34-50(37-52)64(9,10)47-26-18-13-19-27-47)40-54(38-49)69-53-30-31-56-55-28-20-21-29-57(55)68(58(56)41-53)60-39-48(32-33-65-60)63(7,8)46-24-16-12-17-25-46/h11-42H,43H2,1-10H3. The van der Waals surface area contributed by atoms with Gasteiger partial charge in [0.25, 0.3) is 0 Å². The summed E-state index contributed by atoms with van der Waals surface area (Å²) >= 11 is 0. The molecule has 3 heterocycles. The Hall–Kier alpha value is -7.37. The molecular formula is C64H64N4O. The van der Waals surface area contributed by atoms with Crippen LogP contribution < -0.4 is 14.5 Å². The number of allylic oxidation sites excluding steroid dienone is 1. The van der Waals surface area contributed by atoms with Gasteiger partial charge in [0.15, 0.2) is 0 Å². The Labute approximate surface area is 409 Å². The summed E-state index contributed by atoms with van der Waals surface area (Å²) in [7, 11) is 0. The van der Waals surface area contributed by atoms with Crippen LogP contribution >= 0.6 is 0 Å². The van der Waals surface area contributed by atoms with Crippen molar-refractivity contribution in [3.63, 3.8) is 0 Å². The predicted molar refractivity (Wildman–Crippen MR) is 290 cm³/mol. The van der Waals surface area contributed by atoms with Crippen LogP contribution in [0.15, 0.2) is 200 Å². The van der Waals surface area contributed by atoms with E-state index in [-0.39, 0.29) is 21.7 Å². The normalized spacial score (nSPS) is 13.6. The van der Waals surface area contributed by atoms with Crippen molar-refractivity contribution in [3.8, 4) is 28.4 Å². The van der Waals surface area contributed by atoms with Crippen molar-refractivity contribution in [1.29, 1.82) is 0 Å². The summed E-state index contributed by atoms with van der Waals surface area (Å²) in [5.41, 5.74) is 13.6. The molecule has 0 spiro atoms. The molecule has 0 atom stereocenters. The summed E-state index contributed by atoms with van der Waals surface area (Å²) in [6, 6.07) is 65.8. The number of aromatic nitrogens is 2. The summed E-state index contributed by atoms with van der Waals surface area (Å²) in [6.07, 6.45) is 4.30. The number of rotatable bonds is 10. The Bertz CT molecular complexity index is 3350. The zero-order valence-electron chi connectivity index (χ0n) is 41.9. The van der Waals surface area contributed by atoms with E-state index in [4.69, 9.17) is 9.72 Å². The second-order valence-corrected chi connectivity index (χ2v) is 21.9. The first-order valence-electron chi connectivity index (χ1n) is 24.4. The van der Waals surface area contributed by atoms with Crippen molar-refractivity contribution in [2.75, 3.05) is 16.5 Å². The van der Waals surface area contributed by atoms with Crippen LogP contribution in [0.2, 0.25) is 0 Å². The fourth-order valence-corrected chi connectivity index (χ4v) is 10.00. The van der Waals surface area contributed by atoms with Gasteiger partial charge in [0.2, 0.25) is 0 Å². The number of benzene rings is 7. The highest BCUT2D eigenvalue weighted by Gasteiger charge is 2.34. The fraction of sp³-hybridized carbons (Fsp3) is 0.234. The van der Waals surface area contributed by atoms with E-state index in [9.17, 15) is 0 Å². The lowest BCUT2D eigenvalue weighted by Crippen LogP contribution is -2.31. The highest BCUT2D eigenvalue weighted by atomic mass is 16.5. The lowest BCUT2D eigenvalue weighted by Gasteiger charge is -2.33. The van der Waals surface area contributed by atoms with Crippen LogP contribution in [0.25, 0.3) is 38.8 Å². The molecule has 0 radical (unpaired) electrons. The molecule has 2 aromatic heterocycles. The van der Waals surface area contributed by atoms with Gasteiger partial charge in [-0.2, -0.15) is 0 Å². The van der Waals surface area contributed by atoms with Gasteiger partial charge in [0.1, 0.15) is 17.3 Å². The first-order valence-corrected chi connectivity index (χ1v) is 24.4. The van der Waals surface area contributed by atoms with Crippen LogP contribution in [-0.2, 0) is 16.2 Å². The van der Waals surface area contributed by atoms with E-state index < -0.39 is 0 Å². The van der Waals surface area contributed by atoms with Crippen molar-refractivity contribution < 1.29 is 4.74 Å². The van der Waals surface area contributed by atoms with Crippen molar-refractivity contribution in [2.45, 2.75) is 85.5 Å². The highest BCUT2D eigenvalue weighted by Crippen LogP contribution is 2.45. The van der Waals surface area contributed by atoms with Gasteiger partial charge in [-0.1, -0.05) is 184 Å². The maximum atomic E-state index is 7.02. The van der Waals surface area contributed by atoms with Crippen LogP contribution in [-0.4, -0.2) is 16.2 Å². The highest BCUT2D eigenvalue weighted by molar-refractivity contribution is 6.09. The second kappa shape index (κ2) is 17.3. The number of hydrogen-bond acceptors (Lipinski definition) is 4. The Morgan fingerprint density at radius 3 is 1.71 bits per heavy atom. The van der Waals surface area contributed by atoms with Gasteiger partial charge in [0.05, 0.1) is 17.7 Å². The van der Waals surface area contributed by atoms with Crippen LogP contribution in [0.5, 0.6) is 11.5 Å². The molecule has 7 aromatic carbocycles. The van der Waals surface area contributed by atoms with Gasteiger partial charge in [-0.15, -0.1) is 0 Å². The minimum Gasteiger partial charge on any atom is -0.457 e. The molecule has 0 unspecified atom stereocenters. The number of nitrogens with zero attached hydrogens (tertiary/aromatic N) is 4. The van der Waals surface area contributed by atoms with E-state index >= 15 is 0 Å². The van der Waals surface area contributed by atoms with Gasteiger partial charge < -0.3 is 14.5 Å². The molecule has 10 rings (SSSR count). The lowest BCUT2D eigenvalue weighted by molar-refractivity contribution is 0.479. The fourth-order valence-electron chi connectivity index (χ4n) is 10.00. The molecule has 0 aliphatic carbocycles. The minimum absolute atomic E-state index is 0.132. The molecule has 0 saturated carbocycles. The first-order chi connectivity index (χ1) is 32.9. The van der Waals surface area contributed by atoms with Crippen molar-refractivity contribution in [3.05, 3.63) is 228 Å². The van der Waals surface area contributed by atoms with Crippen molar-refractivity contribution in [2.24, 2.45) is 5.41 Å². The summed E-state index contributed by atoms with van der Waals surface area (Å²) in [5, 5.41) is 2.33. The average Bonchev–Trinajstić information content (AvgIpc) is 3.96. The van der Waals surface area contributed by atoms with Crippen LogP contribution in [0, 0.1) is 5.41 Å². The molecular weight excluding hydrogens is 841 g/mol. The van der Waals surface area contributed by atoms with Gasteiger partial charge in [-0.25, -0.2) is 4.98 Å². The monoisotopic (exact) mass is 905 g/mol. The SMILES string of the molecule is CC(C)(C)C1=CN(c2cc(Oc3ccc4c5ccccc5n(-c5cc(C(C)(C)c6ccccc6)ccn5)c4c3)cc(C(C)(C)C)c2)CN1c1cc(-c2ccccc2)cc(C(C)(C)c2ccccc2)c1. The van der Waals surface area contributed by atoms with Gasteiger partial charge in [0, 0.05) is 68.6 Å². The van der Waals surface area contributed by atoms with E-state index in [1.807, 2.05) is 6.20 Å². The molecule has 346 valence electrons. The third kappa shape index (κ3) is 8.72. The molecule has 1 aliphatic rings. The molecule has 0 fully saturated rings. The quantitative estimate of drug-likeness (QED) is 0.137. The smallest absolute Gasteiger partial charge is 0.137 e. The molecule has 69 heavy (non-hydrogen) atoms. The van der Waals surface area contributed by atoms with E-state index in [2.05, 4.69) is 272 Å².